The molecule has 0 aliphatic carbocycles. The van der Waals surface area contributed by atoms with Gasteiger partial charge in [-0.1, -0.05) is 20.8 Å². The van der Waals surface area contributed by atoms with Gasteiger partial charge >= 0.3 is 0 Å². The molecule has 2 aromatic rings. The molecule has 0 aliphatic heterocycles. The molecular formula is C15H25N5S. The zero-order chi connectivity index (χ0) is 15.2. The number of nitrogens with zero attached hydrogens (tertiary/aromatic N) is 4. The van der Waals surface area contributed by atoms with Crippen molar-refractivity contribution in [2.24, 2.45) is 5.92 Å². The van der Waals surface area contributed by atoms with Crippen molar-refractivity contribution in [2.75, 3.05) is 6.54 Å². The lowest BCUT2D eigenvalue weighted by Crippen LogP contribution is -2.34. The molecule has 0 saturated carbocycles. The van der Waals surface area contributed by atoms with E-state index in [1.165, 1.54) is 5.69 Å². The minimum Gasteiger partial charge on any atom is -0.313 e. The van der Waals surface area contributed by atoms with Crippen molar-refractivity contribution in [1.29, 1.82) is 0 Å². The van der Waals surface area contributed by atoms with Crippen molar-refractivity contribution in [1.82, 2.24) is 25.1 Å². The van der Waals surface area contributed by atoms with E-state index in [0.29, 0.717) is 12.0 Å². The fraction of sp³-hybridized carbons (Fsp3) is 0.667. The zero-order valence-corrected chi connectivity index (χ0v) is 14.2. The molecule has 0 amide bonds. The Kier molecular flexibility index (Phi) is 5.87. The average Bonchev–Trinajstić information content (AvgIpc) is 2.99. The molecule has 2 rings (SSSR count). The van der Waals surface area contributed by atoms with E-state index in [4.69, 9.17) is 0 Å². The van der Waals surface area contributed by atoms with Crippen molar-refractivity contribution in [2.45, 2.75) is 53.1 Å². The van der Waals surface area contributed by atoms with E-state index in [1.54, 1.807) is 17.7 Å². The Morgan fingerprint density at radius 1 is 1.33 bits per heavy atom. The first-order valence-electron chi connectivity index (χ1n) is 7.59. The quantitative estimate of drug-likeness (QED) is 0.814. The van der Waals surface area contributed by atoms with Gasteiger partial charge in [0.05, 0.1) is 10.7 Å². The second kappa shape index (κ2) is 7.66. The minimum absolute atomic E-state index is 0.353. The molecule has 6 heteroatoms. The molecule has 0 spiro atoms. The van der Waals surface area contributed by atoms with Crippen LogP contribution in [-0.2, 0) is 19.4 Å². The number of nitrogens with one attached hydrogen (secondary N) is 1. The lowest BCUT2D eigenvalue weighted by Gasteiger charge is -2.17. The predicted molar refractivity (Wildman–Crippen MR) is 86.6 cm³/mol. The van der Waals surface area contributed by atoms with E-state index in [9.17, 15) is 0 Å². The number of aryl methyl sites for hydroxylation is 1. The highest BCUT2D eigenvalue weighted by Crippen LogP contribution is 2.12. The van der Waals surface area contributed by atoms with E-state index >= 15 is 0 Å². The summed E-state index contributed by atoms with van der Waals surface area (Å²) in [6, 6.07) is 0.353. The van der Waals surface area contributed by atoms with Gasteiger partial charge in [0.2, 0.25) is 0 Å². The third-order valence-electron chi connectivity index (χ3n) is 3.28. The van der Waals surface area contributed by atoms with Gasteiger partial charge in [-0.2, -0.15) is 5.10 Å². The van der Waals surface area contributed by atoms with E-state index in [-0.39, 0.29) is 0 Å². The summed E-state index contributed by atoms with van der Waals surface area (Å²) < 4.78 is 2.03. The molecule has 116 valence electrons. The van der Waals surface area contributed by atoms with Gasteiger partial charge < -0.3 is 5.32 Å². The number of rotatable bonds is 8. The molecule has 21 heavy (non-hydrogen) atoms. The number of hydrogen-bond acceptors (Lipinski definition) is 5. The summed E-state index contributed by atoms with van der Waals surface area (Å²) in [6.07, 6.45) is 3.48. The summed E-state index contributed by atoms with van der Waals surface area (Å²) in [6.45, 7) is 10.5. The standard InChI is InChI=1S/C15H25N5S/c1-5-16-13(6-14-9-21-12(4)19-14)7-15-17-10-18-20(15)8-11(2)3/h9-11,13,16H,5-8H2,1-4H3. The highest BCUT2D eigenvalue weighted by Gasteiger charge is 2.15. The van der Waals surface area contributed by atoms with Gasteiger partial charge in [0.15, 0.2) is 0 Å². The topological polar surface area (TPSA) is 55.6 Å². The maximum Gasteiger partial charge on any atom is 0.138 e. The largest absolute Gasteiger partial charge is 0.313 e. The normalized spacial score (nSPS) is 13.0. The summed E-state index contributed by atoms with van der Waals surface area (Å²) in [5, 5.41) is 11.2. The van der Waals surface area contributed by atoms with Gasteiger partial charge in [-0.15, -0.1) is 11.3 Å². The highest BCUT2D eigenvalue weighted by molar-refractivity contribution is 7.09. The van der Waals surface area contributed by atoms with Crippen LogP contribution in [0.15, 0.2) is 11.7 Å². The van der Waals surface area contributed by atoms with Gasteiger partial charge in [-0.05, 0) is 19.4 Å². The van der Waals surface area contributed by atoms with Gasteiger partial charge in [0, 0.05) is 30.8 Å². The Morgan fingerprint density at radius 2 is 2.14 bits per heavy atom. The molecule has 2 aromatic heterocycles. The molecule has 1 N–H and O–H groups in total. The van der Waals surface area contributed by atoms with Crippen LogP contribution in [0.25, 0.3) is 0 Å². The number of likely N-dealkylation sites (N-methyl/N-ethyl adjacent to an activating group) is 1. The first-order chi connectivity index (χ1) is 10.1. The smallest absolute Gasteiger partial charge is 0.138 e. The molecule has 2 heterocycles. The summed E-state index contributed by atoms with van der Waals surface area (Å²) >= 11 is 1.71. The monoisotopic (exact) mass is 307 g/mol. The second-order valence-electron chi connectivity index (χ2n) is 5.77. The first-order valence-corrected chi connectivity index (χ1v) is 8.47. The van der Waals surface area contributed by atoms with Crippen molar-refractivity contribution in [3.63, 3.8) is 0 Å². The Morgan fingerprint density at radius 3 is 2.76 bits per heavy atom. The van der Waals surface area contributed by atoms with Crippen LogP contribution in [-0.4, -0.2) is 32.3 Å². The molecule has 5 nitrogen and oxygen atoms in total. The molecular weight excluding hydrogens is 282 g/mol. The van der Waals surface area contributed by atoms with E-state index in [0.717, 1.165) is 36.8 Å². The van der Waals surface area contributed by atoms with Gasteiger partial charge in [-0.25, -0.2) is 14.6 Å². The maximum absolute atomic E-state index is 4.57. The Hall–Kier alpha value is -1.27. The number of hydrogen-bond donors (Lipinski definition) is 1. The second-order valence-corrected chi connectivity index (χ2v) is 6.84. The summed E-state index contributed by atoms with van der Waals surface area (Å²) in [4.78, 5) is 9.00. The van der Waals surface area contributed by atoms with Crippen molar-refractivity contribution in [3.8, 4) is 0 Å². The van der Waals surface area contributed by atoms with Crippen LogP contribution in [0.1, 0.15) is 37.3 Å². The van der Waals surface area contributed by atoms with Crippen LogP contribution in [0, 0.1) is 12.8 Å². The molecule has 0 saturated heterocycles. The van der Waals surface area contributed by atoms with Crippen LogP contribution in [0.2, 0.25) is 0 Å². The molecule has 0 aromatic carbocycles. The summed E-state index contributed by atoms with van der Waals surface area (Å²) in [7, 11) is 0. The van der Waals surface area contributed by atoms with E-state index < -0.39 is 0 Å². The predicted octanol–water partition coefficient (Wildman–Crippen LogP) is 2.46. The minimum atomic E-state index is 0.353. The average molecular weight is 307 g/mol. The number of aromatic nitrogens is 4. The summed E-state index contributed by atoms with van der Waals surface area (Å²) in [5.74, 6) is 1.63. The van der Waals surface area contributed by atoms with Crippen molar-refractivity contribution in [3.05, 3.63) is 28.2 Å². The Bertz CT molecular complexity index is 546. The van der Waals surface area contributed by atoms with Gasteiger partial charge in [-0.3, -0.25) is 0 Å². The summed E-state index contributed by atoms with van der Waals surface area (Å²) in [5.41, 5.74) is 1.17. The highest BCUT2D eigenvalue weighted by atomic mass is 32.1. The SMILES string of the molecule is CCNC(Cc1csc(C)n1)Cc1ncnn1CC(C)C. The number of thiazole rings is 1. The fourth-order valence-electron chi connectivity index (χ4n) is 2.42. The molecule has 0 fully saturated rings. The fourth-order valence-corrected chi connectivity index (χ4v) is 3.05. The van der Waals surface area contributed by atoms with E-state index in [1.807, 2.05) is 4.68 Å². The Labute approximate surface area is 130 Å². The zero-order valence-electron chi connectivity index (χ0n) is 13.3. The Balaban J connectivity index is 2.03. The molecule has 0 radical (unpaired) electrons. The lowest BCUT2D eigenvalue weighted by molar-refractivity contribution is 0.440. The third kappa shape index (κ3) is 4.89. The molecule has 0 aliphatic rings. The van der Waals surface area contributed by atoms with Crippen LogP contribution in [0.5, 0.6) is 0 Å². The van der Waals surface area contributed by atoms with Crippen LogP contribution in [0.4, 0.5) is 0 Å². The van der Waals surface area contributed by atoms with Crippen molar-refractivity contribution < 1.29 is 0 Å². The van der Waals surface area contributed by atoms with Gasteiger partial charge in [0.1, 0.15) is 12.2 Å². The van der Waals surface area contributed by atoms with Crippen LogP contribution < -0.4 is 5.32 Å². The van der Waals surface area contributed by atoms with Gasteiger partial charge in [0.25, 0.3) is 0 Å². The van der Waals surface area contributed by atoms with Crippen molar-refractivity contribution >= 4 is 11.3 Å². The molecule has 1 unspecified atom stereocenters. The van der Waals surface area contributed by atoms with Crippen LogP contribution >= 0.6 is 11.3 Å². The van der Waals surface area contributed by atoms with Crippen LogP contribution in [0.3, 0.4) is 0 Å². The molecule has 1 atom stereocenters. The first kappa shape index (κ1) is 16.1. The molecule has 0 bridgehead atoms. The maximum atomic E-state index is 4.57. The third-order valence-corrected chi connectivity index (χ3v) is 4.10. The van der Waals surface area contributed by atoms with E-state index in [2.05, 4.69) is 53.5 Å². The lowest BCUT2D eigenvalue weighted by atomic mass is 10.1.